The molecule has 0 fully saturated rings. The number of aromatic nitrogens is 3. The second-order valence-electron chi connectivity index (χ2n) is 5.35. The van der Waals surface area contributed by atoms with E-state index in [4.69, 9.17) is 0 Å². The van der Waals surface area contributed by atoms with Gasteiger partial charge in [-0.15, -0.1) is 10.2 Å². The van der Waals surface area contributed by atoms with Crippen molar-refractivity contribution in [2.24, 2.45) is 7.05 Å². The number of thioether (sulfide) groups is 1. The van der Waals surface area contributed by atoms with Gasteiger partial charge < -0.3 is 9.88 Å². The van der Waals surface area contributed by atoms with Crippen molar-refractivity contribution in [1.29, 1.82) is 0 Å². The molecule has 1 aliphatic heterocycles. The Labute approximate surface area is 144 Å². The normalized spacial score (nSPS) is 18.8. The van der Waals surface area contributed by atoms with Gasteiger partial charge in [0.1, 0.15) is 12.4 Å². The van der Waals surface area contributed by atoms with E-state index in [0.717, 1.165) is 5.16 Å². The van der Waals surface area contributed by atoms with Crippen LogP contribution in [0.3, 0.4) is 0 Å². The zero-order valence-corrected chi connectivity index (χ0v) is 14.6. The first-order chi connectivity index (χ1) is 11.5. The smallest absolute Gasteiger partial charge is 0.241 e. The third kappa shape index (κ3) is 3.60. The predicted molar refractivity (Wildman–Crippen MR) is 89.0 cm³/mol. The number of amides is 1. The second-order valence-corrected chi connectivity index (χ2v) is 8.09. The van der Waals surface area contributed by atoms with Crippen LogP contribution in [-0.4, -0.2) is 47.4 Å². The molecule has 1 aromatic carbocycles. The second kappa shape index (κ2) is 6.91. The molecule has 10 heteroatoms. The molecule has 0 aliphatic carbocycles. The standard InChI is InChI=1S/C14H17N5O3S2/c1-19-9-16-17-14(19)23-7-6-15-13(20)11-8-10-4-2-3-5-12(10)24(21,22)18-11/h2-5,9,11,18H,6-8H2,1H3,(H,15,20)/t11-/m0/s1. The number of benzene rings is 1. The third-order valence-corrected chi connectivity index (χ3v) is 6.21. The van der Waals surface area contributed by atoms with Crippen LogP contribution in [0, 0.1) is 0 Å². The molecule has 0 saturated heterocycles. The van der Waals surface area contributed by atoms with Gasteiger partial charge in [-0.1, -0.05) is 30.0 Å². The summed E-state index contributed by atoms with van der Waals surface area (Å²) < 4.78 is 28.6. The lowest BCUT2D eigenvalue weighted by Gasteiger charge is -2.25. The minimum Gasteiger partial charge on any atom is -0.354 e. The number of carbonyl (C=O) groups excluding carboxylic acids is 1. The Hall–Kier alpha value is -1.91. The van der Waals surface area contributed by atoms with Crippen molar-refractivity contribution in [1.82, 2.24) is 24.8 Å². The zero-order valence-electron chi connectivity index (χ0n) is 13.0. The van der Waals surface area contributed by atoms with Crippen molar-refractivity contribution < 1.29 is 13.2 Å². The van der Waals surface area contributed by atoms with Crippen molar-refractivity contribution in [3.63, 3.8) is 0 Å². The van der Waals surface area contributed by atoms with Gasteiger partial charge in [0.05, 0.1) is 4.90 Å². The van der Waals surface area contributed by atoms with E-state index < -0.39 is 16.1 Å². The van der Waals surface area contributed by atoms with Crippen LogP contribution in [0.5, 0.6) is 0 Å². The molecule has 1 amide bonds. The highest BCUT2D eigenvalue weighted by Gasteiger charge is 2.32. The number of carbonyl (C=O) groups is 1. The van der Waals surface area contributed by atoms with E-state index in [-0.39, 0.29) is 10.8 Å². The van der Waals surface area contributed by atoms with E-state index in [0.29, 0.717) is 24.3 Å². The molecule has 0 unspecified atom stereocenters. The number of nitrogens with one attached hydrogen (secondary N) is 2. The molecule has 3 rings (SSSR count). The third-order valence-electron chi connectivity index (χ3n) is 3.60. The first-order valence-electron chi connectivity index (χ1n) is 7.32. The Morgan fingerprint density at radius 3 is 3.00 bits per heavy atom. The van der Waals surface area contributed by atoms with Crippen LogP contribution in [0.2, 0.25) is 0 Å². The molecular weight excluding hydrogens is 350 g/mol. The van der Waals surface area contributed by atoms with Crippen LogP contribution in [0.1, 0.15) is 5.56 Å². The Bertz CT molecular complexity index is 850. The summed E-state index contributed by atoms with van der Waals surface area (Å²) in [5.74, 6) is 0.292. The quantitative estimate of drug-likeness (QED) is 0.566. The molecule has 2 aromatic rings. The molecule has 1 aliphatic rings. The van der Waals surface area contributed by atoms with E-state index in [1.807, 2.05) is 7.05 Å². The van der Waals surface area contributed by atoms with Crippen molar-refractivity contribution in [3.05, 3.63) is 36.2 Å². The number of aryl methyl sites for hydroxylation is 1. The average molecular weight is 367 g/mol. The zero-order chi connectivity index (χ0) is 17.2. The lowest BCUT2D eigenvalue weighted by molar-refractivity contribution is -0.122. The maximum atomic E-state index is 12.2. The highest BCUT2D eigenvalue weighted by Crippen LogP contribution is 2.22. The van der Waals surface area contributed by atoms with Gasteiger partial charge >= 0.3 is 0 Å². The van der Waals surface area contributed by atoms with Gasteiger partial charge in [0, 0.05) is 19.3 Å². The minimum absolute atomic E-state index is 0.242. The Balaban J connectivity index is 1.56. The summed E-state index contributed by atoms with van der Waals surface area (Å²) in [6.07, 6.45) is 1.95. The fourth-order valence-corrected chi connectivity index (χ4v) is 4.62. The van der Waals surface area contributed by atoms with Gasteiger partial charge in [0.25, 0.3) is 0 Å². The van der Waals surface area contributed by atoms with E-state index in [1.54, 1.807) is 35.2 Å². The topological polar surface area (TPSA) is 106 Å². The summed E-state index contributed by atoms with van der Waals surface area (Å²) in [4.78, 5) is 12.5. The van der Waals surface area contributed by atoms with Crippen molar-refractivity contribution in [2.45, 2.75) is 22.5 Å². The molecule has 24 heavy (non-hydrogen) atoms. The fourth-order valence-electron chi connectivity index (χ4n) is 2.44. The number of hydrogen-bond donors (Lipinski definition) is 2. The Morgan fingerprint density at radius 1 is 1.46 bits per heavy atom. The van der Waals surface area contributed by atoms with Gasteiger partial charge in [-0.25, -0.2) is 8.42 Å². The van der Waals surface area contributed by atoms with Crippen molar-refractivity contribution in [3.8, 4) is 0 Å². The number of sulfonamides is 1. The van der Waals surface area contributed by atoms with E-state index >= 15 is 0 Å². The van der Waals surface area contributed by atoms with Gasteiger partial charge in [0.2, 0.25) is 15.9 Å². The molecule has 2 heterocycles. The molecule has 8 nitrogen and oxygen atoms in total. The van der Waals surface area contributed by atoms with Gasteiger partial charge in [-0.2, -0.15) is 4.72 Å². The molecule has 2 N–H and O–H groups in total. The maximum absolute atomic E-state index is 12.2. The number of nitrogens with zero attached hydrogens (tertiary/aromatic N) is 3. The summed E-state index contributed by atoms with van der Waals surface area (Å²) >= 11 is 1.47. The van der Waals surface area contributed by atoms with Crippen molar-refractivity contribution >= 4 is 27.7 Å². The minimum atomic E-state index is -3.65. The summed E-state index contributed by atoms with van der Waals surface area (Å²) in [5.41, 5.74) is 0.657. The number of fused-ring (bicyclic) bond motifs is 1. The summed E-state index contributed by atoms with van der Waals surface area (Å²) in [7, 11) is -1.80. The molecule has 0 radical (unpaired) electrons. The highest BCUT2D eigenvalue weighted by atomic mass is 32.2. The van der Waals surface area contributed by atoms with Crippen LogP contribution in [-0.2, 0) is 28.3 Å². The summed E-state index contributed by atoms with van der Waals surface area (Å²) in [6, 6.07) is 5.93. The van der Waals surface area contributed by atoms with Crippen LogP contribution in [0.15, 0.2) is 40.6 Å². The van der Waals surface area contributed by atoms with Crippen LogP contribution in [0.4, 0.5) is 0 Å². The Kier molecular flexibility index (Phi) is 4.88. The first kappa shape index (κ1) is 16.9. The molecular formula is C14H17N5O3S2. The molecule has 1 aromatic heterocycles. The van der Waals surface area contributed by atoms with Crippen LogP contribution < -0.4 is 10.0 Å². The average Bonchev–Trinajstić information content (AvgIpc) is 2.96. The Morgan fingerprint density at radius 2 is 2.25 bits per heavy atom. The fraction of sp³-hybridized carbons (Fsp3) is 0.357. The predicted octanol–water partition coefficient (Wildman–Crippen LogP) is -0.0734. The number of hydrogen-bond acceptors (Lipinski definition) is 6. The molecule has 0 spiro atoms. The molecule has 0 bridgehead atoms. The van der Waals surface area contributed by atoms with Gasteiger partial charge in [0.15, 0.2) is 5.16 Å². The van der Waals surface area contributed by atoms with E-state index in [2.05, 4.69) is 20.2 Å². The summed E-state index contributed by atoms with van der Waals surface area (Å²) in [6.45, 7) is 0.413. The molecule has 1 atom stereocenters. The van der Waals surface area contributed by atoms with E-state index in [9.17, 15) is 13.2 Å². The van der Waals surface area contributed by atoms with Crippen LogP contribution in [0.25, 0.3) is 0 Å². The first-order valence-corrected chi connectivity index (χ1v) is 9.79. The molecule has 0 saturated carbocycles. The van der Waals surface area contributed by atoms with Crippen LogP contribution >= 0.6 is 11.8 Å². The summed E-state index contributed by atoms with van der Waals surface area (Å²) in [5, 5.41) is 11.2. The van der Waals surface area contributed by atoms with E-state index in [1.165, 1.54) is 11.8 Å². The lowest BCUT2D eigenvalue weighted by Crippen LogP contribution is -2.50. The van der Waals surface area contributed by atoms with Gasteiger partial charge in [-0.3, -0.25) is 4.79 Å². The van der Waals surface area contributed by atoms with Crippen molar-refractivity contribution in [2.75, 3.05) is 12.3 Å². The molecule has 128 valence electrons. The largest absolute Gasteiger partial charge is 0.354 e. The SMILES string of the molecule is Cn1cnnc1SCCNC(=O)[C@@H]1Cc2ccccc2S(=O)(=O)N1. The van der Waals surface area contributed by atoms with Gasteiger partial charge in [-0.05, 0) is 18.1 Å². The maximum Gasteiger partial charge on any atom is 0.241 e. The lowest BCUT2D eigenvalue weighted by atomic mass is 10.1. The number of rotatable bonds is 5. The monoisotopic (exact) mass is 367 g/mol. The highest BCUT2D eigenvalue weighted by molar-refractivity contribution is 7.99.